The van der Waals surface area contributed by atoms with Gasteiger partial charge in [0.05, 0.1) is 6.10 Å². The van der Waals surface area contributed by atoms with E-state index < -0.39 is 18.1 Å². The maximum absolute atomic E-state index is 11.2. The first-order valence-electron chi connectivity index (χ1n) is 5.73. The number of amides is 1. The molecular weight excluding hydrogens is 194 g/mol. The van der Waals surface area contributed by atoms with Gasteiger partial charge in [-0.05, 0) is 13.3 Å². The van der Waals surface area contributed by atoms with E-state index in [0.29, 0.717) is 6.54 Å². The number of carbonyl (C=O) groups excluding carboxylic acids is 1. The number of nitrogens with one attached hydrogen (secondary N) is 1. The lowest BCUT2D eigenvalue weighted by molar-refractivity contribution is -0.134. The van der Waals surface area contributed by atoms with E-state index in [9.17, 15) is 9.90 Å². The number of aliphatic hydroxyl groups is 2. The van der Waals surface area contributed by atoms with Crippen LogP contribution in [0, 0.1) is 0 Å². The van der Waals surface area contributed by atoms with Gasteiger partial charge < -0.3 is 15.5 Å². The molecule has 0 rings (SSSR count). The van der Waals surface area contributed by atoms with Crippen molar-refractivity contribution >= 4 is 5.91 Å². The van der Waals surface area contributed by atoms with Crippen molar-refractivity contribution in [2.24, 2.45) is 0 Å². The van der Waals surface area contributed by atoms with Crippen molar-refractivity contribution in [2.45, 2.75) is 58.2 Å². The van der Waals surface area contributed by atoms with Crippen LogP contribution in [0.15, 0.2) is 0 Å². The summed E-state index contributed by atoms with van der Waals surface area (Å²) in [6, 6.07) is 0. The van der Waals surface area contributed by atoms with Crippen LogP contribution in [0.3, 0.4) is 0 Å². The Morgan fingerprint density at radius 2 is 1.80 bits per heavy atom. The molecule has 0 aliphatic rings. The molecule has 90 valence electrons. The van der Waals surface area contributed by atoms with Gasteiger partial charge >= 0.3 is 0 Å². The van der Waals surface area contributed by atoms with Crippen molar-refractivity contribution in [3.63, 3.8) is 0 Å². The van der Waals surface area contributed by atoms with E-state index in [1.807, 2.05) is 0 Å². The fraction of sp³-hybridized carbons (Fsp3) is 0.909. The molecule has 0 radical (unpaired) electrons. The number of rotatable bonds is 8. The molecule has 0 aromatic carbocycles. The molecule has 4 heteroatoms. The van der Waals surface area contributed by atoms with E-state index in [-0.39, 0.29) is 0 Å². The average Bonchev–Trinajstić information content (AvgIpc) is 2.21. The van der Waals surface area contributed by atoms with Gasteiger partial charge in [-0.15, -0.1) is 0 Å². The summed E-state index contributed by atoms with van der Waals surface area (Å²) in [6.07, 6.45) is 3.32. The number of hydrogen-bond donors (Lipinski definition) is 3. The van der Waals surface area contributed by atoms with Crippen LogP contribution in [0.2, 0.25) is 0 Å². The molecule has 0 saturated heterocycles. The molecular formula is C11H23NO3. The van der Waals surface area contributed by atoms with Crippen LogP contribution in [-0.2, 0) is 4.79 Å². The maximum Gasteiger partial charge on any atom is 0.251 e. The summed E-state index contributed by atoms with van der Waals surface area (Å²) in [5, 5.41) is 20.7. The zero-order valence-corrected chi connectivity index (χ0v) is 9.70. The van der Waals surface area contributed by atoms with Crippen LogP contribution < -0.4 is 5.32 Å². The maximum atomic E-state index is 11.2. The topological polar surface area (TPSA) is 69.6 Å². The third-order valence-corrected chi connectivity index (χ3v) is 2.31. The lowest BCUT2D eigenvalue weighted by atomic mass is 10.1. The van der Waals surface area contributed by atoms with Crippen LogP contribution >= 0.6 is 0 Å². The summed E-state index contributed by atoms with van der Waals surface area (Å²) in [5.41, 5.74) is 0. The molecule has 1 amide bonds. The van der Waals surface area contributed by atoms with E-state index in [1.54, 1.807) is 0 Å². The van der Waals surface area contributed by atoms with Crippen LogP contribution in [0.4, 0.5) is 0 Å². The van der Waals surface area contributed by atoms with E-state index in [1.165, 1.54) is 26.2 Å². The van der Waals surface area contributed by atoms with Crippen molar-refractivity contribution < 1.29 is 15.0 Å². The minimum absolute atomic E-state index is 0.486. The second kappa shape index (κ2) is 8.68. The zero-order chi connectivity index (χ0) is 11.7. The summed E-state index contributed by atoms with van der Waals surface area (Å²) < 4.78 is 0. The molecule has 0 aromatic heterocycles. The fourth-order valence-electron chi connectivity index (χ4n) is 1.26. The van der Waals surface area contributed by atoms with Crippen molar-refractivity contribution in [3.05, 3.63) is 0 Å². The molecule has 0 aliphatic heterocycles. The van der Waals surface area contributed by atoms with Gasteiger partial charge in [-0.25, -0.2) is 0 Å². The molecule has 0 aliphatic carbocycles. The smallest absolute Gasteiger partial charge is 0.251 e. The number of carbonyl (C=O) groups is 1. The third kappa shape index (κ3) is 7.33. The minimum Gasteiger partial charge on any atom is -0.390 e. The largest absolute Gasteiger partial charge is 0.390 e. The fourth-order valence-corrected chi connectivity index (χ4v) is 1.26. The summed E-state index contributed by atoms with van der Waals surface area (Å²) in [4.78, 5) is 11.2. The predicted molar refractivity (Wildman–Crippen MR) is 59.5 cm³/mol. The SMILES string of the molecule is CCCCCCCNC(=O)C(O)C(C)O. The average molecular weight is 217 g/mol. The third-order valence-electron chi connectivity index (χ3n) is 2.31. The normalized spacial score (nSPS) is 14.7. The molecule has 0 heterocycles. The van der Waals surface area contributed by atoms with Gasteiger partial charge in [-0.2, -0.15) is 0 Å². The van der Waals surface area contributed by atoms with Gasteiger partial charge in [0, 0.05) is 6.54 Å². The minimum atomic E-state index is -1.30. The molecule has 0 aromatic rings. The summed E-state index contributed by atoms with van der Waals surface area (Å²) in [5.74, 6) is -0.486. The number of hydrogen-bond acceptors (Lipinski definition) is 3. The highest BCUT2D eigenvalue weighted by atomic mass is 16.3. The van der Waals surface area contributed by atoms with Crippen molar-refractivity contribution in [1.29, 1.82) is 0 Å². The Labute approximate surface area is 91.7 Å². The Morgan fingerprint density at radius 1 is 1.20 bits per heavy atom. The molecule has 3 N–H and O–H groups in total. The molecule has 2 unspecified atom stereocenters. The van der Waals surface area contributed by atoms with Crippen LogP contribution in [0.5, 0.6) is 0 Å². The molecule has 0 spiro atoms. The van der Waals surface area contributed by atoms with Gasteiger partial charge in [0.15, 0.2) is 6.10 Å². The Hall–Kier alpha value is -0.610. The van der Waals surface area contributed by atoms with Crippen LogP contribution in [0.1, 0.15) is 46.0 Å². The quantitative estimate of drug-likeness (QED) is 0.527. The standard InChI is InChI=1S/C11H23NO3/c1-3-4-5-6-7-8-12-11(15)10(14)9(2)13/h9-10,13-14H,3-8H2,1-2H3,(H,12,15). The first kappa shape index (κ1) is 14.4. The van der Waals surface area contributed by atoms with Crippen LogP contribution in [-0.4, -0.2) is 34.9 Å². The Morgan fingerprint density at radius 3 is 2.33 bits per heavy atom. The monoisotopic (exact) mass is 217 g/mol. The number of aliphatic hydroxyl groups excluding tert-OH is 2. The molecule has 2 atom stereocenters. The number of unbranched alkanes of at least 4 members (excludes halogenated alkanes) is 4. The molecule has 4 nitrogen and oxygen atoms in total. The second-order valence-electron chi connectivity index (χ2n) is 3.89. The first-order chi connectivity index (χ1) is 7.09. The summed E-state index contributed by atoms with van der Waals surface area (Å²) in [7, 11) is 0. The molecule has 0 saturated carbocycles. The van der Waals surface area contributed by atoms with Crippen LogP contribution in [0.25, 0.3) is 0 Å². The lowest BCUT2D eigenvalue weighted by Crippen LogP contribution is -2.41. The van der Waals surface area contributed by atoms with Crippen molar-refractivity contribution in [3.8, 4) is 0 Å². The lowest BCUT2D eigenvalue weighted by Gasteiger charge is -2.13. The van der Waals surface area contributed by atoms with Crippen molar-refractivity contribution in [1.82, 2.24) is 5.32 Å². The predicted octanol–water partition coefficient (Wildman–Crippen LogP) is 0.815. The van der Waals surface area contributed by atoms with E-state index in [4.69, 9.17) is 5.11 Å². The van der Waals surface area contributed by atoms with Gasteiger partial charge in [-0.3, -0.25) is 4.79 Å². The first-order valence-corrected chi connectivity index (χ1v) is 5.73. The summed E-state index contributed by atoms with van der Waals surface area (Å²) in [6.45, 7) is 4.12. The van der Waals surface area contributed by atoms with E-state index >= 15 is 0 Å². The Bertz CT molecular complexity index is 171. The highest BCUT2D eigenvalue weighted by Crippen LogP contribution is 2.01. The Balaban J connectivity index is 3.39. The summed E-state index contributed by atoms with van der Waals surface area (Å²) >= 11 is 0. The zero-order valence-electron chi connectivity index (χ0n) is 9.70. The Kier molecular flexibility index (Phi) is 8.33. The van der Waals surface area contributed by atoms with E-state index in [2.05, 4.69) is 12.2 Å². The van der Waals surface area contributed by atoms with E-state index in [0.717, 1.165) is 12.8 Å². The van der Waals surface area contributed by atoms with Crippen molar-refractivity contribution in [2.75, 3.05) is 6.54 Å². The molecule has 0 bridgehead atoms. The van der Waals surface area contributed by atoms with Gasteiger partial charge in [0.2, 0.25) is 0 Å². The van der Waals surface area contributed by atoms with Gasteiger partial charge in [0.1, 0.15) is 0 Å². The highest BCUT2D eigenvalue weighted by Gasteiger charge is 2.19. The second-order valence-corrected chi connectivity index (χ2v) is 3.89. The molecule has 15 heavy (non-hydrogen) atoms. The molecule has 0 fully saturated rings. The van der Waals surface area contributed by atoms with Gasteiger partial charge in [-0.1, -0.05) is 32.6 Å². The van der Waals surface area contributed by atoms with Gasteiger partial charge in [0.25, 0.3) is 5.91 Å². The highest BCUT2D eigenvalue weighted by molar-refractivity contribution is 5.80.